The molecule has 0 fully saturated rings. The van der Waals surface area contributed by atoms with Crippen LogP contribution in [0.1, 0.15) is 0 Å². The van der Waals surface area contributed by atoms with Crippen molar-refractivity contribution in [3.05, 3.63) is 0 Å². The third-order valence-corrected chi connectivity index (χ3v) is 0. The fourth-order valence-electron chi connectivity index (χ4n) is 0. The standard InChI is InChI=1S/2Mg.2H3O3P/c;;2*1-4(2)3/h;;2*4H,(H2,1,2,3)/q2*+2;;/p-4. The van der Waals surface area contributed by atoms with Crippen LogP contribution in [0, 0.1) is 0 Å². The fraction of sp³-hybridized carbons (Fsp3) is 0. The van der Waals surface area contributed by atoms with Gasteiger partial charge in [0.25, 0.3) is 0 Å². The average Bonchev–Trinajstić information content (AvgIpc) is 1.25. The zero-order valence-electron chi connectivity index (χ0n) is 4.86. The first kappa shape index (κ1) is 22.6. The molecule has 0 unspecified atom stereocenters. The van der Waals surface area contributed by atoms with E-state index in [0.717, 1.165) is 0 Å². The van der Waals surface area contributed by atoms with Gasteiger partial charge in [-0.3, -0.25) is 0 Å². The molecule has 0 aliphatic heterocycles. The van der Waals surface area contributed by atoms with Crippen molar-refractivity contribution < 1.29 is 28.7 Å². The Balaban J connectivity index is -0.0000000300. The van der Waals surface area contributed by atoms with Gasteiger partial charge in [-0.25, -0.2) is 0 Å². The molecule has 0 saturated carbocycles. The van der Waals surface area contributed by atoms with Crippen molar-refractivity contribution in [3.63, 3.8) is 0 Å². The van der Waals surface area contributed by atoms with E-state index in [9.17, 15) is 0 Å². The molecule has 6 nitrogen and oxygen atoms in total. The average molecular weight is 209 g/mol. The molecule has 0 N–H and O–H groups in total. The molecule has 0 bridgehead atoms. The Morgan fingerprint density at radius 3 is 0.700 bits per heavy atom. The Morgan fingerprint density at radius 2 is 0.700 bits per heavy atom. The third-order valence-electron chi connectivity index (χ3n) is 0. The monoisotopic (exact) mass is 208 g/mol. The SMILES string of the molecule is O=[PH]([O-])[O-].O=[PH]([O-])[O-].[Mg+2].[Mg+2]. The van der Waals surface area contributed by atoms with E-state index in [4.69, 9.17) is 28.7 Å². The molecule has 0 heterocycles. The van der Waals surface area contributed by atoms with Gasteiger partial charge in [0, 0.05) is 0 Å². The van der Waals surface area contributed by atoms with Crippen LogP contribution in [0.15, 0.2) is 0 Å². The van der Waals surface area contributed by atoms with Crippen molar-refractivity contribution in [1.82, 2.24) is 0 Å². The van der Waals surface area contributed by atoms with Gasteiger partial charge in [-0.2, -0.15) is 0 Å². The van der Waals surface area contributed by atoms with Gasteiger partial charge < -0.3 is 28.7 Å². The minimum absolute atomic E-state index is 0. The molecule has 0 rings (SSSR count). The molecule has 0 radical (unpaired) electrons. The van der Waals surface area contributed by atoms with Crippen LogP contribution < -0.4 is 19.6 Å². The van der Waals surface area contributed by atoms with Crippen LogP contribution in [0.5, 0.6) is 0 Å². The molecule has 0 aliphatic carbocycles. The third kappa shape index (κ3) is 228. The quantitative estimate of drug-likeness (QED) is 0.291. The molecule has 0 aliphatic rings. The Kier molecular flexibility index (Phi) is 38.6. The summed E-state index contributed by atoms with van der Waals surface area (Å²) in [4.78, 5) is 34.1. The van der Waals surface area contributed by atoms with E-state index >= 15 is 0 Å². The number of rotatable bonds is 0. The second-order valence-corrected chi connectivity index (χ2v) is 1.50. The van der Waals surface area contributed by atoms with Crippen molar-refractivity contribution in [2.45, 2.75) is 0 Å². The van der Waals surface area contributed by atoms with Gasteiger partial charge in [-0.15, -0.1) is 0 Å². The summed E-state index contributed by atoms with van der Waals surface area (Å²) >= 11 is 0. The molecular weight excluding hydrogens is 207 g/mol. The first-order valence-corrected chi connectivity index (χ1v) is 3.67. The van der Waals surface area contributed by atoms with Crippen LogP contribution in [0.4, 0.5) is 0 Å². The maximum absolute atomic E-state index is 8.52. The second kappa shape index (κ2) is 17.1. The molecule has 10 heteroatoms. The maximum Gasteiger partial charge on any atom is 2.00 e. The van der Waals surface area contributed by atoms with Gasteiger partial charge in [0.2, 0.25) is 0 Å². The minimum Gasteiger partial charge on any atom is -0.813 e. The van der Waals surface area contributed by atoms with Crippen LogP contribution >= 0.6 is 16.5 Å². The van der Waals surface area contributed by atoms with Gasteiger partial charge in [0.15, 0.2) is 0 Å². The van der Waals surface area contributed by atoms with Crippen LogP contribution in [0.3, 0.4) is 0 Å². The van der Waals surface area contributed by atoms with E-state index in [-0.39, 0.29) is 46.1 Å². The first-order chi connectivity index (χ1) is 3.46. The zero-order chi connectivity index (χ0) is 7.15. The van der Waals surface area contributed by atoms with Gasteiger partial charge in [-0.05, 0) is 0 Å². The van der Waals surface area contributed by atoms with Crippen LogP contribution in [-0.2, 0) is 9.13 Å². The van der Waals surface area contributed by atoms with E-state index in [2.05, 4.69) is 0 Å². The Bertz CT molecular complexity index is 71.7. The van der Waals surface area contributed by atoms with Gasteiger partial charge >= 0.3 is 46.1 Å². The van der Waals surface area contributed by atoms with Crippen LogP contribution in [0.25, 0.3) is 0 Å². The summed E-state index contributed by atoms with van der Waals surface area (Å²) in [5.41, 5.74) is 0. The van der Waals surface area contributed by atoms with E-state index < -0.39 is 16.5 Å². The summed E-state index contributed by atoms with van der Waals surface area (Å²) in [5, 5.41) is 0. The van der Waals surface area contributed by atoms with Crippen molar-refractivity contribution in [3.8, 4) is 0 Å². The Labute approximate surface area is 90.9 Å². The largest absolute Gasteiger partial charge is 2.00 e. The van der Waals surface area contributed by atoms with Crippen molar-refractivity contribution in [2.75, 3.05) is 0 Å². The smallest absolute Gasteiger partial charge is 0.813 e. The van der Waals surface area contributed by atoms with Gasteiger partial charge in [-0.1, -0.05) is 16.5 Å². The topological polar surface area (TPSA) is 126 Å². The predicted octanol–water partition coefficient (Wildman–Crippen LogP) is -4.57. The van der Waals surface area contributed by atoms with Gasteiger partial charge in [0.05, 0.1) is 0 Å². The molecule has 0 amide bonds. The summed E-state index contributed by atoms with van der Waals surface area (Å²) in [6.07, 6.45) is 0. The van der Waals surface area contributed by atoms with E-state index in [1.807, 2.05) is 0 Å². The molecule has 0 spiro atoms. The normalized spacial score (nSPS) is 7.00. The minimum atomic E-state index is -3.63. The van der Waals surface area contributed by atoms with Crippen LogP contribution in [-0.4, -0.2) is 46.1 Å². The molecule has 0 aromatic rings. The van der Waals surface area contributed by atoms with E-state index in [1.54, 1.807) is 0 Å². The second-order valence-electron chi connectivity index (χ2n) is 0.500. The predicted molar refractivity (Wildman–Crippen MR) is 29.5 cm³/mol. The Hall–Kier alpha value is 1.83. The van der Waals surface area contributed by atoms with E-state index in [0.29, 0.717) is 0 Å². The number of hydrogen-bond acceptors (Lipinski definition) is 6. The molecule has 0 atom stereocenters. The van der Waals surface area contributed by atoms with Crippen molar-refractivity contribution in [2.24, 2.45) is 0 Å². The van der Waals surface area contributed by atoms with E-state index in [1.165, 1.54) is 0 Å². The van der Waals surface area contributed by atoms with Gasteiger partial charge in [0.1, 0.15) is 0 Å². The summed E-state index contributed by atoms with van der Waals surface area (Å²) in [7, 11) is -7.26. The summed E-state index contributed by atoms with van der Waals surface area (Å²) in [5.74, 6) is 0. The fourth-order valence-corrected chi connectivity index (χ4v) is 0. The summed E-state index contributed by atoms with van der Waals surface area (Å²) in [6, 6.07) is 0. The molecule has 52 valence electrons. The molecule has 0 aromatic carbocycles. The van der Waals surface area contributed by atoms with Crippen LogP contribution in [0.2, 0.25) is 0 Å². The zero-order valence-corrected chi connectivity index (χ0v) is 9.69. The molecule has 0 aromatic heterocycles. The summed E-state index contributed by atoms with van der Waals surface area (Å²) < 4.78 is 17.0. The first-order valence-electron chi connectivity index (χ1n) is 1.22. The molecule has 10 heavy (non-hydrogen) atoms. The summed E-state index contributed by atoms with van der Waals surface area (Å²) in [6.45, 7) is 0. The maximum atomic E-state index is 8.52. The number of hydrogen-bond donors (Lipinski definition) is 0. The van der Waals surface area contributed by atoms with Crippen molar-refractivity contribution in [1.29, 1.82) is 0 Å². The van der Waals surface area contributed by atoms with Crippen molar-refractivity contribution >= 4 is 62.6 Å². The molecule has 0 saturated heterocycles. The Morgan fingerprint density at radius 1 is 0.700 bits per heavy atom. The molecular formula is H2Mg2O6P2.